The molecule has 0 unspecified atom stereocenters. The minimum atomic E-state index is -4.43. The van der Waals surface area contributed by atoms with E-state index in [1.807, 2.05) is 6.92 Å². The molecule has 2 rings (SSSR count). The minimum Gasteiger partial charge on any atom is -0.324 e. The second-order valence-corrected chi connectivity index (χ2v) is 3.93. The lowest BCUT2D eigenvalue weighted by atomic mass is 10.1. The minimum absolute atomic E-state index is 0.0176. The molecule has 0 saturated heterocycles. The third-order valence-corrected chi connectivity index (χ3v) is 2.80. The van der Waals surface area contributed by atoms with E-state index in [4.69, 9.17) is 5.73 Å². The van der Waals surface area contributed by atoms with Crippen LogP contribution in [-0.4, -0.2) is 14.8 Å². The van der Waals surface area contributed by atoms with Crippen molar-refractivity contribution in [1.82, 2.24) is 14.8 Å². The Labute approximate surface area is 108 Å². The molecule has 2 N–H and O–H groups in total. The molecule has 19 heavy (non-hydrogen) atoms. The maximum Gasteiger partial charge on any atom is 0.417 e. The van der Waals surface area contributed by atoms with Crippen molar-refractivity contribution in [3.8, 4) is 11.4 Å². The van der Waals surface area contributed by atoms with E-state index in [0.717, 1.165) is 6.07 Å². The van der Waals surface area contributed by atoms with Gasteiger partial charge < -0.3 is 10.3 Å². The lowest BCUT2D eigenvalue weighted by Gasteiger charge is -2.13. The molecule has 7 heteroatoms. The van der Waals surface area contributed by atoms with Crippen LogP contribution in [0.4, 0.5) is 13.2 Å². The van der Waals surface area contributed by atoms with Crippen molar-refractivity contribution in [1.29, 1.82) is 0 Å². The number of aromatic nitrogens is 3. The molecule has 1 aromatic heterocycles. The van der Waals surface area contributed by atoms with Gasteiger partial charge in [0.15, 0.2) is 5.82 Å². The Morgan fingerprint density at radius 1 is 1.21 bits per heavy atom. The highest BCUT2D eigenvalue weighted by atomic mass is 19.4. The summed E-state index contributed by atoms with van der Waals surface area (Å²) < 4.78 is 40.5. The molecule has 1 heterocycles. The fraction of sp³-hybridized carbons (Fsp3) is 0.333. The Kier molecular flexibility index (Phi) is 3.57. The monoisotopic (exact) mass is 270 g/mol. The molecule has 0 spiro atoms. The van der Waals surface area contributed by atoms with Gasteiger partial charge in [-0.2, -0.15) is 13.2 Å². The molecule has 102 valence electrons. The molecule has 0 aliphatic carbocycles. The molecule has 2 aromatic rings. The summed E-state index contributed by atoms with van der Waals surface area (Å²) in [5.74, 6) is 0.658. The number of alkyl halides is 3. The number of hydrogen-bond acceptors (Lipinski definition) is 3. The van der Waals surface area contributed by atoms with Crippen molar-refractivity contribution >= 4 is 0 Å². The van der Waals surface area contributed by atoms with Gasteiger partial charge in [0.1, 0.15) is 5.82 Å². The number of nitrogens with zero attached hydrogens (tertiary/aromatic N) is 3. The highest BCUT2D eigenvalue weighted by Crippen LogP contribution is 2.36. The van der Waals surface area contributed by atoms with Gasteiger partial charge >= 0.3 is 6.18 Å². The zero-order chi connectivity index (χ0) is 14.0. The van der Waals surface area contributed by atoms with E-state index >= 15 is 0 Å². The molecule has 4 nitrogen and oxygen atoms in total. The van der Waals surface area contributed by atoms with Gasteiger partial charge in [-0.25, -0.2) is 0 Å². The summed E-state index contributed by atoms with van der Waals surface area (Å²) in [5, 5.41) is 7.66. The second kappa shape index (κ2) is 5.00. The van der Waals surface area contributed by atoms with Crippen LogP contribution < -0.4 is 5.73 Å². The normalized spacial score (nSPS) is 11.8. The van der Waals surface area contributed by atoms with Gasteiger partial charge in [0.2, 0.25) is 0 Å². The van der Waals surface area contributed by atoms with Gasteiger partial charge in [-0.05, 0) is 13.0 Å². The average Bonchev–Trinajstić information content (AvgIpc) is 2.80. The van der Waals surface area contributed by atoms with Crippen LogP contribution in [0.2, 0.25) is 0 Å². The van der Waals surface area contributed by atoms with Crippen LogP contribution in [0.3, 0.4) is 0 Å². The fourth-order valence-electron chi connectivity index (χ4n) is 1.94. The predicted octanol–water partition coefficient (Wildman–Crippen LogP) is 2.44. The maximum atomic E-state index is 13.0. The average molecular weight is 270 g/mol. The van der Waals surface area contributed by atoms with Gasteiger partial charge in [0.25, 0.3) is 0 Å². The van der Waals surface area contributed by atoms with Crippen molar-refractivity contribution in [3.63, 3.8) is 0 Å². The highest BCUT2D eigenvalue weighted by Gasteiger charge is 2.34. The zero-order valence-corrected chi connectivity index (χ0v) is 10.3. The van der Waals surface area contributed by atoms with Gasteiger partial charge in [0, 0.05) is 12.1 Å². The van der Waals surface area contributed by atoms with Crippen molar-refractivity contribution in [2.24, 2.45) is 5.73 Å². The van der Waals surface area contributed by atoms with Crippen LogP contribution in [0.5, 0.6) is 0 Å². The molecule has 0 radical (unpaired) electrons. The first kappa shape index (κ1) is 13.5. The third kappa shape index (κ3) is 2.46. The summed E-state index contributed by atoms with van der Waals surface area (Å²) in [4.78, 5) is 0. The van der Waals surface area contributed by atoms with E-state index in [2.05, 4.69) is 10.2 Å². The molecule has 0 aliphatic heterocycles. The summed E-state index contributed by atoms with van der Waals surface area (Å²) in [6.07, 6.45) is -4.43. The molecule has 0 amide bonds. The SMILES string of the molecule is CCn1c(CN)nnc1-c1ccccc1C(F)(F)F. The van der Waals surface area contributed by atoms with Crippen molar-refractivity contribution in [2.45, 2.75) is 26.2 Å². The number of benzene rings is 1. The van der Waals surface area contributed by atoms with Gasteiger partial charge in [-0.3, -0.25) is 0 Å². The largest absolute Gasteiger partial charge is 0.417 e. The smallest absolute Gasteiger partial charge is 0.324 e. The summed E-state index contributed by atoms with van der Waals surface area (Å²) >= 11 is 0. The molecular weight excluding hydrogens is 257 g/mol. The molecule has 0 bridgehead atoms. The summed E-state index contributed by atoms with van der Waals surface area (Å²) in [6, 6.07) is 5.32. The third-order valence-electron chi connectivity index (χ3n) is 2.80. The standard InChI is InChI=1S/C12H13F3N4/c1-2-19-10(7-16)17-18-11(19)8-5-3-4-6-9(8)12(13,14)15/h3-6H,2,7,16H2,1H3. The summed E-state index contributed by atoms with van der Waals surface area (Å²) in [7, 11) is 0. The first-order chi connectivity index (χ1) is 8.99. The van der Waals surface area contributed by atoms with Gasteiger partial charge in [-0.15, -0.1) is 10.2 Å². The van der Waals surface area contributed by atoms with E-state index < -0.39 is 11.7 Å². The molecule has 0 fully saturated rings. The molecule has 1 aromatic carbocycles. The molecular formula is C12H13F3N4. The Bertz CT molecular complexity index is 575. The Hall–Kier alpha value is -1.89. The number of hydrogen-bond donors (Lipinski definition) is 1. The van der Waals surface area contributed by atoms with Crippen molar-refractivity contribution in [2.75, 3.05) is 0 Å². The van der Waals surface area contributed by atoms with Crippen LogP contribution in [0, 0.1) is 0 Å². The van der Waals surface area contributed by atoms with E-state index in [1.54, 1.807) is 10.6 Å². The second-order valence-electron chi connectivity index (χ2n) is 3.93. The predicted molar refractivity (Wildman–Crippen MR) is 64.0 cm³/mol. The quantitative estimate of drug-likeness (QED) is 0.932. The van der Waals surface area contributed by atoms with E-state index in [-0.39, 0.29) is 17.9 Å². The highest BCUT2D eigenvalue weighted by molar-refractivity contribution is 5.61. The van der Waals surface area contributed by atoms with Crippen molar-refractivity contribution < 1.29 is 13.2 Å². The van der Waals surface area contributed by atoms with Crippen LogP contribution >= 0.6 is 0 Å². The van der Waals surface area contributed by atoms with E-state index in [1.165, 1.54) is 12.1 Å². The summed E-state index contributed by atoms with van der Waals surface area (Å²) in [6.45, 7) is 2.40. The van der Waals surface area contributed by atoms with Crippen LogP contribution in [0.15, 0.2) is 24.3 Å². The number of nitrogens with two attached hydrogens (primary N) is 1. The Morgan fingerprint density at radius 2 is 1.89 bits per heavy atom. The molecule has 0 atom stereocenters. The van der Waals surface area contributed by atoms with E-state index in [0.29, 0.717) is 12.4 Å². The zero-order valence-electron chi connectivity index (χ0n) is 10.3. The molecule has 0 saturated carbocycles. The van der Waals surface area contributed by atoms with Gasteiger partial charge in [-0.1, -0.05) is 18.2 Å². The Morgan fingerprint density at radius 3 is 2.47 bits per heavy atom. The lowest BCUT2D eigenvalue weighted by Crippen LogP contribution is -2.11. The van der Waals surface area contributed by atoms with Crippen LogP contribution in [0.25, 0.3) is 11.4 Å². The first-order valence-corrected chi connectivity index (χ1v) is 5.77. The number of halogens is 3. The fourth-order valence-corrected chi connectivity index (χ4v) is 1.94. The van der Waals surface area contributed by atoms with E-state index in [9.17, 15) is 13.2 Å². The lowest BCUT2D eigenvalue weighted by molar-refractivity contribution is -0.137. The topological polar surface area (TPSA) is 56.7 Å². The number of rotatable bonds is 3. The van der Waals surface area contributed by atoms with Crippen LogP contribution in [-0.2, 0) is 19.3 Å². The summed E-state index contributed by atoms with van der Waals surface area (Å²) in [5.41, 5.74) is 4.79. The Balaban J connectivity index is 2.63. The molecule has 0 aliphatic rings. The first-order valence-electron chi connectivity index (χ1n) is 5.77. The van der Waals surface area contributed by atoms with Crippen molar-refractivity contribution in [3.05, 3.63) is 35.7 Å². The van der Waals surface area contributed by atoms with Crippen LogP contribution in [0.1, 0.15) is 18.3 Å². The van der Waals surface area contributed by atoms with Gasteiger partial charge in [0.05, 0.1) is 12.1 Å². The maximum absolute atomic E-state index is 13.0.